The van der Waals surface area contributed by atoms with Gasteiger partial charge in [-0.05, 0) is 42.8 Å². The van der Waals surface area contributed by atoms with Gasteiger partial charge in [0.05, 0.1) is 4.90 Å². The van der Waals surface area contributed by atoms with Crippen molar-refractivity contribution in [2.24, 2.45) is 0 Å². The first-order valence-corrected chi connectivity index (χ1v) is 9.79. The lowest BCUT2D eigenvalue weighted by Crippen LogP contribution is -2.30. The number of amides is 1. The Morgan fingerprint density at radius 3 is 2.44 bits per heavy atom. The fourth-order valence-electron chi connectivity index (χ4n) is 2.43. The second kappa shape index (κ2) is 7.99. The van der Waals surface area contributed by atoms with Crippen molar-refractivity contribution in [1.29, 1.82) is 0 Å². The summed E-state index contributed by atoms with van der Waals surface area (Å²) in [6.45, 7) is 6.15. The molecule has 2 rings (SSSR count). The van der Waals surface area contributed by atoms with E-state index in [4.69, 9.17) is 11.6 Å². The summed E-state index contributed by atoms with van der Waals surface area (Å²) in [5.74, 6) is -0.387. The van der Waals surface area contributed by atoms with Gasteiger partial charge < -0.3 is 5.32 Å². The molecule has 0 unspecified atom stereocenters. The molecule has 0 saturated heterocycles. The van der Waals surface area contributed by atoms with Gasteiger partial charge in [-0.3, -0.25) is 4.79 Å². The maximum atomic E-state index is 12.6. The Hall–Kier alpha value is -1.89. The predicted molar refractivity (Wildman–Crippen MR) is 101 cm³/mol. The van der Waals surface area contributed by atoms with E-state index < -0.39 is 10.0 Å². The molecular weight excluding hydrogens is 360 g/mol. The van der Waals surface area contributed by atoms with Gasteiger partial charge in [-0.1, -0.05) is 37.6 Å². The van der Waals surface area contributed by atoms with E-state index in [1.807, 2.05) is 6.92 Å². The highest BCUT2D eigenvalue weighted by molar-refractivity contribution is 7.89. The SMILES string of the molecule is CCN(CC)S(=O)(=O)c1cccc(C(=O)Nc2cc(Cl)ccc2C)c1. The highest BCUT2D eigenvalue weighted by Crippen LogP contribution is 2.22. The van der Waals surface area contributed by atoms with Crippen molar-refractivity contribution < 1.29 is 13.2 Å². The van der Waals surface area contributed by atoms with Crippen LogP contribution in [0.15, 0.2) is 47.4 Å². The summed E-state index contributed by atoms with van der Waals surface area (Å²) in [6.07, 6.45) is 0. The van der Waals surface area contributed by atoms with E-state index in [-0.39, 0.29) is 16.4 Å². The van der Waals surface area contributed by atoms with Crippen LogP contribution in [0.25, 0.3) is 0 Å². The molecule has 0 atom stereocenters. The summed E-state index contributed by atoms with van der Waals surface area (Å²) in [7, 11) is -3.61. The van der Waals surface area contributed by atoms with E-state index in [1.165, 1.54) is 16.4 Å². The number of carbonyl (C=O) groups is 1. The molecule has 0 aliphatic heterocycles. The normalized spacial score (nSPS) is 11.6. The van der Waals surface area contributed by atoms with Gasteiger partial charge >= 0.3 is 0 Å². The van der Waals surface area contributed by atoms with E-state index in [1.54, 1.807) is 44.2 Å². The molecule has 5 nitrogen and oxygen atoms in total. The maximum Gasteiger partial charge on any atom is 0.255 e. The summed E-state index contributed by atoms with van der Waals surface area (Å²) in [6, 6.07) is 11.2. The van der Waals surface area contributed by atoms with E-state index >= 15 is 0 Å². The monoisotopic (exact) mass is 380 g/mol. The third-order valence-corrected chi connectivity index (χ3v) is 6.17. The Labute approximate surface area is 153 Å². The number of nitrogens with one attached hydrogen (secondary N) is 1. The first-order valence-electron chi connectivity index (χ1n) is 7.97. The van der Waals surface area contributed by atoms with Crippen molar-refractivity contribution in [1.82, 2.24) is 4.31 Å². The number of sulfonamides is 1. The largest absolute Gasteiger partial charge is 0.322 e. The Morgan fingerprint density at radius 1 is 1.12 bits per heavy atom. The lowest BCUT2D eigenvalue weighted by atomic mass is 10.1. The number of benzene rings is 2. The number of hydrogen-bond donors (Lipinski definition) is 1. The summed E-state index contributed by atoms with van der Waals surface area (Å²) in [4.78, 5) is 12.6. The molecule has 2 aromatic carbocycles. The Morgan fingerprint density at radius 2 is 1.80 bits per heavy atom. The fourth-order valence-corrected chi connectivity index (χ4v) is 4.11. The molecular formula is C18H21ClN2O3S. The van der Waals surface area contributed by atoms with Gasteiger partial charge in [-0.2, -0.15) is 4.31 Å². The van der Waals surface area contributed by atoms with E-state index in [0.717, 1.165) is 5.56 Å². The number of halogens is 1. The minimum Gasteiger partial charge on any atom is -0.322 e. The smallest absolute Gasteiger partial charge is 0.255 e. The molecule has 25 heavy (non-hydrogen) atoms. The van der Waals surface area contributed by atoms with Gasteiger partial charge in [0.25, 0.3) is 5.91 Å². The Kier molecular flexibility index (Phi) is 6.21. The molecule has 2 aromatic rings. The molecule has 0 aliphatic rings. The first kappa shape index (κ1) is 19.4. The minimum absolute atomic E-state index is 0.103. The number of anilines is 1. The van der Waals surface area contributed by atoms with Gasteiger partial charge in [-0.25, -0.2) is 8.42 Å². The molecule has 0 aliphatic carbocycles. The number of carbonyl (C=O) groups excluding carboxylic acids is 1. The van der Waals surface area contributed by atoms with Crippen LogP contribution in [-0.4, -0.2) is 31.7 Å². The zero-order chi connectivity index (χ0) is 18.6. The van der Waals surface area contributed by atoms with Gasteiger partial charge in [0, 0.05) is 29.4 Å². The second-order valence-electron chi connectivity index (χ2n) is 5.53. The van der Waals surface area contributed by atoms with Crippen LogP contribution in [0.5, 0.6) is 0 Å². The van der Waals surface area contributed by atoms with Crippen molar-refractivity contribution in [3.63, 3.8) is 0 Å². The molecule has 134 valence electrons. The lowest BCUT2D eigenvalue weighted by molar-refractivity contribution is 0.102. The summed E-state index contributed by atoms with van der Waals surface area (Å²) in [5, 5.41) is 3.28. The molecule has 1 N–H and O–H groups in total. The average Bonchev–Trinajstić information content (AvgIpc) is 2.59. The van der Waals surface area contributed by atoms with Gasteiger partial charge in [-0.15, -0.1) is 0 Å². The second-order valence-corrected chi connectivity index (χ2v) is 7.90. The summed E-state index contributed by atoms with van der Waals surface area (Å²) >= 11 is 5.96. The van der Waals surface area contributed by atoms with Crippen LogP contribution in [0, 0.1) is 6.92 Å². The van der Waals surface area contributed by atoms with Crippen molar-refractivity contribution in [3.05, 3.63) is 58.6 Å². The van der Waals surface area contributed by atoms with Crippen molar-refractivity contribution >= 4 is 33.2 Å². The number of nitrogens with zero attached hydrogens (tertiary/aromatic N) is 1. The van der Waals surface area contributed by atoms with Crippen molar-refractivity contribution in [3.8, 4) is 0 Å². The van der Waals surface area contributed by atoms with Crippen LogP contribution in [0.3, 0.4) is 0 Å². The van der Waals surface area contributed by atoms with Crippen LogP contribution in [0.4, 0.5) is 5.69 Å². The van der Waals surface area contributed by atoms with Crippen molar-refractivity contribution in [2.75, 3.05) is 18.4 Å². The zero-order valence-corrected chi connectivity index (χ0v) is 16.0. The van der Waals surface area contributed by atoms with Crippen LogP contribution >= 0.6 is 11.6 Å². The summed E-state index contributed by atoms with van der Waals surface area (Å²) < 4.78 is 26.6. The Balaban J connectivity index is 2.32. The lowest BCUT2D eigenvalue weighted by Gasteiger charge is -2.18. The van der Waals surface area contributed by atoms with Gasteiger partial charge in [0.1, 0.15) is 0 Å². The van der Waals surface area contributed by atoms with Crippen molar-refractivity contribution in [2.45, 2.75) is 25.7 Å². The molecule has 0 radical (unpaired) electrons. The highest BCUT2D eigenvalue weighted by Gasteiger charge is 2.22. The van der Waals surface area contributed by atoms with Gasteiger partial charge in [0.15, 0.2) is 0 Å². The molecule has 1 amide bonds. The quantitative estimate of drug-likeness (QED) is 0.825. The van der Waals surface area contributed by atoms with Crippen LogP contribution in [-0.2, 0) is 10.0 Å². The Bertz CT molecular complexity index is 878. The molecule has 0 aromatic heterocycles. The molecule has 0 bridgehead atoms. The van der Waals surface area contributed by atoms with Crippen LogP contribution in [0.1, 0.15) is 29.8 Å². The average molecular weight is 381 g/mol. The van der Waals surface area contributed by atoms with Crippen LogP contribution in [0.2, 0.25) is 5.02 Å². The van der Waals surface area contributed by atoms with E-state index in [9.17, 15) is 13.2 Å². The molecule has 0 heterocycles. The number of hydrogen-bond acceptors (Lipinski definition) is 3. The summed E-state index contributed by atoms with van der Waals surface area (Å²) in [5.41, 5.74) is 1.73. The topological polar surface area (TPSA) is 66.5 Å². The molecule has 7 heteroatoms. The predicted octanol–water partition coefficient (Wildman–Crippen LogP) is 3.93. The van der Waals surface area contributed by atoms with Crippen LogP contribution < -0.4 is 5.32 Å². The van der Waals surface area contributed by atoms with E-state index in [2.05, 4.69) is 5.32 Å². The number of aryl methyl sites for hydroxylation is 1. The minimum atomic E-state index is -3.61. The van der Waals surface area contributed by atoms with Gasteiger partial charge in [0.2, 0.25) is 10.0 Å². The fraction of sp³-hybridized carbons (Fsp3) is 0.278. The third kappa shape index (κ3) is 4.39. The zero-order valence-electron chi connectivity index (χ0n) is 14.4. The third-order valence-electron chi connectivity index (χ3n) is 3.89. The van der Waals surface area contributed by atoms with E-state index in [0.29, 0.717) is 23.8 Å². The molecule has 0 fully saturated rings. The first-order chi connectivity index (χ1) is 11.8. The number of rotatable bonds is 6. The standard InChI is InChI=1S/C18H21ClN2O3S/c1-4-21(5-2)25(23,24)16-8-6-7-14(11-16)18(22)20-17-12-15(19)10-9-13(17)3/h6-12H,4-5H2,1-3H3,(H,20,22). The maximum absolute atomic E-state index is 12.6. The highest BCUT2D eigenvalue weighted by atomic mass is 35.5. The molecule has 0 saturated carbocycles. The molecule has 0 spiro atoms.